The number of amides is 1. The second-order valence-corrected chi connectivity index (χ2v) is 7.46. The third kappa shape index (κ3) is 5.21. The normalized spacial score (nSPS) is 14.2. The van der Waals surface area contributed by atoms with Crippen LogP contribution < -0.4 is 5.32 Å². The van der Waals surface area contributed by atoms with Crippen LogP contribution in [0.4, 0.5) is 4.79 Å². The Morgan fingerprint density at radius 1 is 1.30 bits per heavy atom. The monoisotopic (exact) mass is 301 g/mol. The molecule has 6 heteroatoms. The average Bonchev–Trinajstić information content (AvgIpc) is 2.36. The molecule has 1 aromatic rings. The molecule has 0 aliphatic rings. The van der Waals surface area contributed by atoms with Gasteiger partial charge in [-0.15, -0.1) is 0 Å². The highest BCUT2D eigenvalue weighted by Gasteiger charge is 2.16. The van der Waals surface area contributed by atoms with Crippen molar-refractivity contribution in [2.45, 2.75) is 44.7 Å². The zero-order valence-electron chi connectivity index (χ0n) is 14.1. The van der Waals surface area contributed by atoms with E-state index in [1.807, 2.05) is 0 Å². The second-order valence-electron chi connectivity index (χ2n) is 5.18. The lowest BCUT2D eigenvalue weighted by Gasteiger charge is -2.19. The molecule has 0 aliphatic heterocycles. The molecule has 0 saturated carbocycles. The number of sulfone groups is 1. The topological polar surface area (TPSA) is 72.5 Å². The highest BCUT2D eigenvalue weighted by atomic mass is 32.2. The fourth-order valence-corrected chi connectivity index (χ4v) is 2.22. The minimum atomic E-state index is -3.34. The predicted octanol–water partition coefficient (Wildman–Crippen LogP) is 2.50. The fraction of sp³-hybridized carbons (Fsp3) is 0.500. The van der Waals surface area contributed by atoms with Gasteiger partial charge in [0.05, 0.1) is 13.4 Å². The van der Waals surface area contributed by atoms with Gasteiger partial charge in [0, 0.05) is 6.50 Å². The number of alkyl carbamates (subject to hydrolysis) is 1. The van der Waals surface area contributed by atoms with Crippen LogP contribution in [0, 0.1) is 0 Å². The van der Waals surface area contributed by atoms with Gasteiger partial charge in [0.2, 0.25) is 0 Å². The first kappa shape index (κ1) is 13.4. The van der Waals surface area contributed by atoms with Gasteiger partial charge in [-0.1, -0.05) is 19.1 Å². The summed E-state index contributed by atoms with van der Waals surface area (Å²) < 4.78 is 44.2. The Labute approximate surface area is 123 Å². The van der Waals surface area contributed by atoms with Gasteiger partial charge < -0.3 is 10.1 Å². The molecule has 0 aliphatic carbocycles. The zero-order chi connectivity index (χ0) is 17.2. The van der Waals surface area contributed by atoms with Crippen molar-refractivity contribution in [3.8, 4) is 0 Å². The summed E-state index contributed by atoms with van der Waals surface area (Å²) in [4.78, 5) is 11.8. The molecular weight excluding hydrogens is 278 g/mol. The molecule has 0 fully saturated rings. The molecule has 20 heavy (non-hydrogen) atoms. The van der Waals surface area contributed by atoms with Gasteiger partial charge >= 0.3 is 6.09 Å². The fourth-order valence-electron chi connectivity index (χ4n) is 1.34. The Morgan fingerprint density at radius 2 is 1.85 bits per heavy atom. The van der Waals surface area contributed by atoms with Crippen molar-refractivity contribution < 1.29 is 20.7 Å². The van der Waals surface area contributed by atoms with Crippen molar-refractivity contribution in [3.63, 3.8) is 0 Å². The van der Waals surface area contributed by atoms with Crippen molar-refractivity contribution in [2.75, 3.05) is 5.75 Å². The molecule has 5 nitrogen and oxygen atoms in total. The molecule has 0 saturated heterocycles. The molecule has 0 spiro atoms. The van der Waals surface area contributed by atoms with Crippen LogP contribution in [0.3, 0.4) is 0 Å². The van der Waals surface area contributed by atoms with Crippen molar-refractivity contribution in [3.05, 3.63) is 29.8 Å². The maximum Gasteiger partial charge on any atom is 0.407 e. The Morgan fingerprint density at radius 3 is 2.30 bits per heavy atom. The van der Waals surface area contributed by atoms with E-state index in [1.54, 1.807) is 20.8 Å². The first-order valence-corrected chi connectivity index (χ1v) is 7.87. The summed E-state index contributed by atoms with van der Waals surface area (Å²) in [5.41, 5.74) is -0.604. The van der Waals surface area contributed by atoms with Crippen LogP contribution in [0.2, 0.25) is 0 Å². The number of hydrogen-bond acceptors (Lipinski definition) is 4. The second kappa shape index (κ2) is 6.26. The van der Waals surface area contributed by atoms with Gasteiger partial charge in [-0.25, -0.2) is 13.2 Å². The van der Waals surface area contributed by atoms with Crippen molar-refractivity contribution in [1.82, 2.24) is 5.32 Å². The van der Waals surface area contributed by atoms with Crippen molar-refractivity contribution >= 4 is 15.9 Å². The van der Waals surface area contributed by atoms with E-state index in [0.29, 0.717) is 0 Å². The van der Waals surface area contributed by atoms with Crippen LogP contribution in [0.25, 0.3) is 0 Å². The van der Waals surface area contributed by atoms with E-state index >= 15 is 0 Å². The molecule has 1 aromatic carbocycles. The number of rotatable bonds is 4. The van der Waals surface area contributed by atoms with E-state index < -0.39 is 28.0 Å². The standard InChI is InChI=1S/C14H21NO4S/c1-5-20(17,18)12-8-6-11(7-9-12)10-15-13(16)19-14(2,3)4/h6-9H,5,10H2,1-4H3,(H,15,16)/i10D2. The molecule has 112 valence electrons. The Balaban J connectivity index is 2.92. The molecule has 1 rings (SSSR count). The summed E-state index contributed by atoms with van der Waals surface area (Å²) in [6, 6.07) is 5.31. The SMILES string of the molecule is [2H]C([2H])(NC(=O)OC(C)(C)C)c1ccc(S(=O)(=O)CC)cc1. The summed E-state index contributed by atoms with van der Waals surface area (Å²) in [7, 11) is -3.34. The molecule has 0 radical (unpaired) electrons. The number of hydrogen-bond donors (Lipinski definition) is 1. The van der Waals surface area contributed by atoms with Gasteiger partial charge in [0.25, 0.3) is 0 Å². The lowest BCUT2D eigenvalue weighted by molar-refractivity contribution is 0.0523. The smallest absolute Gasteiger partial charge is 0.407 e. The van der Waals surface area contributed by atoms with E-state index in [1.165, 1.54) is 31.2 Å². The van der Waals surface area contributed by atoms with Gasteiger partial charge in [0.1, 0.15) is 5.60 Å². The lowest BCUT2D eigenvalue weighted by Crippen LogP contribution is -2.32. The molecule has 0 aromatic heterocycles. The first-order chi connectivity index (χ1) is 9.87. The summed E-state index contributed by atoms with van der Waals surface area (Å²) in [5.74, 6) is -0.0323. The number of benzene rings is 1. The summed E-state index contributed by atoms with van der Waals surface area (Å²) in [6.07, 6.45) is -0.886. The third-order valence-electron chi connectivity index (χ3n) is 2.30. The lowest BCUT2D eigenvalue weighted by atomic mass is 10.2. The quantitative estimate of drug-likeness (QED) is 0.927. The molecule has 1 amide bonds. The highest BCUT2D eigenvalue weighted by Crippen LogP contribution is 2.12. The number of nitrogens with one attached hydrogen (secondary N) is 1. The highest BCUT2D eigenvalue weighted by molar-refractivity contribution is 7.91. The van der Waals surface area contributed by atoms with E-state index in [2.05, 4.69) is 5.32 Å². The molecule has 0 heterocycles. The average molecular weight is 301 g/mol. The minimum Gasteiger partial charge on any atom is -0.444 e. The molecular formula is C14H21NO4S. The summed E-state index contributed by atoms with van der Waals surface area (Å²) in [5, 5.41) is 2.12. The molecule has 0 unspecified atom stereocenters. The third-order valence-corrected chi connectivity index (χ3v) is 4.05. The largest absolute Gasteiger partial charge is 0.444 e. The summed E-state index contributed by atoms with van der Waals surface area (Å²) in [6.45, 7) is 4.38. The van der Waals surface area contributed by atoms with Gasteiger partial charge in [-0.3, -0.25) is 0 Å². The molecule has 1 N–H and O–H groups in total. The van der Waals surface area contributed by atoms with Crippen LogP contribution in [0.5, 0.6) is 0 Å². The Kier molecular flexibility index (Phi) is 4.20. The van der Waals surface area contributed by atoms with Gasteiger partial charge in [-0.2, -0.15) is 0 Å². The van der Waals surface area contributed by atoms with Crippen LogP contribution in [-0.4, -0.2) is 25.9 Å². The Hall–Kier alpha value is -1.56. The van der Waals surface area contributed by atoms with E-state index in [4.69, 9.17) is 7.48 Å². The number of ether oxygens (including phenoxy) is 1. The molecule has 0 bridgehead atoms. The maximum atomic E-state index is 11.7. The van der Waals surface area contributed by atoms with E-state index in [9.17, 15) is 13.2 Å². The predicted molar refractivity (Wildman–Crippen MR) is 77.2 cm³/mol. The van der Waals surface area contributed by atoms with E-state index in [0.717, 1.165) is 0 Å². The van der Waals surface area contributed by atoms with Crippen molar-refractivity contribution in [2.24, 2.45) is 0 Å². The zero-order valence-corrected chi connectivity index (χ0v) is 12.9. The van der Waals surface area contributed by atoms with Crippen LogP contribution in [0.1, 0.15) is 36.0 Å². The molecule has 0 atom stereocenters. The van der Waals surface area contributed by atoms with Gasteiger partial charge in [0.15, 0.2) is 9.84 Å². The van der Waals surface area contributed by atoms with Crippen LogP contribution in [0.15, 0.2) is 29.2 Å². The first-order valence-electron chi connectivity index (χ1n) is 7.22. The maximum absolute atomic E-state index is 11.7. The van der Waals surface area contributed by atoms with Gasteiger partial charge in [-0.05, 0) is 38.5 Å². The number of carbonyl (C=O) groups excluding carboxylic acids is 1. The van der Waals surface area contributed by atoms with Crippen molar-refractivity contribution in [1.29, 1.82) is 0 Å². The summed E-state index contributed by atoms with van der Waals surface area (Å²) >= 11 is 0. The Bertz CT molecular complexity index is 634. The van der Waals surface area contributed by atoms with E-state index in [-0.39, 0.29) is 16.2 Å². The van der Waals surface area contributed by atoms with Crippen LogP contribution in [-0.2, 0) is 21.1 Å². The number of carbonyl (C=O) groups is 1. The minimum absolute atomic E-state index is 0.0323. The van der Waals surface area contributed by atoms with Crippen LogP contribution >= 0.6 is 0 Å².